The number of nitrogens with zero attached hydrogens (tertiary/aromatic N) is 4. The lowest BCUT2D eigenvalue weighted by Gasteiger charge is -2.20. The van der Waals surface area contributed by atoms with Gasteiger partial charge in [0.1, 0.15) is 27.8 Å². The first-order chi connectivity index (χ1) is 20.5. The molecule has 1 aliphatic rings. The topological polar surface area (TPSA) is 138 Å². The Hall–Kier alpha value is -4.84. The Morgan fingerprint density at radius 1 is 1.07 bits per heavy atom. The fourth-order valence-electron chi connectivity index (χ4n) is 3.92. The van der Waals surface area contributed by atoms with E-state index in [0.29, 0.717) is 38.4 Å². The standard InChI is InChI=1S/C31H33FN8O2S/c1-31(2,3)24(33)17-25(34-19-8-6-5-7-9-19)37-29(42)35-23-16-20(12-13-21(23)32)40(4)26-15-14-22-28(38-26)43-30(36-22)39-27(41)18-10-11-18/h5-9,12-18H,10-11,33H2,1-4H3,(H,36,39,41)(H2,34,35,37,42). The van der Waals surface area contributed by atoms with E-state index in [0.717, 1.165) is 12.8 Å². The van der Waals surface area contributed by atoms with E-state index in [2.05, 4.69) is 30.9 Å². The fourth-order valence-corrected chi connectivity index (χ4v) is 4.76. The number of urea groups is 1. The molecule has 4 aromatic rings. The number of carbonyl (C=O) groups is 2. The number of rotatable bonds is 7. The molecule has 0 atom stereocenters. The van der Waals surface area contributed by atoms with Crippen LogP contribution in [-0.2, 0) is 4.79 Å². The van der Waals surface area contributed by atoms with Gasteiger partial charge in [0.15, 0.2) is 5.13 Å². The predicted molar refractivity (Wildman–Crippen MR) is 171 cm³/mol. The zero-order valence-electron chi connectivity index (χ0n) is 24.3. The van der Waals surface area contributed by atoms with Gasteiger partial charge in [-0.1, -0.05) is 50.3 Å². The minimum absolute atomic E-state index is 0.0149. The minimum Gasteiger partial charge on any atom is -0.401 e. The smallest absolute Gasteiger partial charge is 0.324 e. The highest BCUT2D eigenvalue weighted by Crippen LogP contribution is 2.33. The summed E-state index contributed by atoms with van der Waals surface area (Å²) in [7, 11) is 1.78. The van der Waals surface area contributed by atoms with Gasteiger partial charge < -0.3 is 21.3 Å². The van der Waals surface area contributed by atoms with Crippen molar-refractivity contribution in [3.05, 3.63) is 78.3 Å². The molecule has 0 aliphatic heterocycles. The molecule has 3 amide bonds. The minimum atomic E-state index is -0.684. The summed E-state index contributed by atoms with van der Waals surface area (Å²) in [4.78, 5) is 41.2. The summed E-state index contributed by atoms with van der Waals surface area (Å²) in [5, 5.41) is 8.63. The molecule has 0 radical (unpaired) electrons. The van der Waals surface area contributed by atoms with Gasteiger partial charge in [0.2, 0.25) is 5.91 Å². The van der Waals surface area contributed by atoms with Crippen molar-refractivity contribution >= 4 is 67.5 Å². The zero-order valence-corrected chi connectivity index (χ0v) is 25.1. The number of halogens is 1. The number of anilines is 4. The van der Waals surface area contributed by atoms with Crippen LogP contribution in [0.4, 0.5) is 37.2 Å². The zero-order chi connectivity index (χ0) is 30.7. The molecule has 1 aliphatic carbocycles. The molecule has 43 heavy (non-hydrogen) atoms. The Balaban J connectivity index is 1.33. The molecule has 10 nitrogen and oxygen atoms in total. The summed E-state index contributed by atoms with van der Waals surface area (Å²) < 4.78 is 14.8. The maximum Gasteiger partial charge on any atom is 0.324 e. The van der Waals surface area contributed by atoms with Gasteiger partial charge in [0.25, 0.3) is 0 Å². The second kappa shape index (κ2) is 12.2. The van der Waals surface area contributed by atoms with Gasteiger partial charge in [-0.15, -0.1) is 0 Å². The van der Waals surface area contributed by atoms with Gasteiger partial charge in [-0.3, -0.25) is 10.1 Å². The van der Waals surface area contributed by atoms with Crippen LogP contribution in [0.5, 0.6) is 0 Å². The molecule has 2 aromatic carbocycles. The second-order valence-corrected chi connectivity index (χ2v) is 12.2. The first kappa shape index (κ1) is 29.6. The van der Waals surface area contributed by atoms with Crippen LogP contribution >= 0.6 is 11.3 Å². The molecule has 1 saturated carbocycles. The maximum absolute atomic E-state index is 14.8. The number of pyridine rings is 1. The number of nitrogens with one attached hydrogen (secondary N) is 3. The van der Waals surface area contributed by atoms with Gasteiger partial charge >= 0.3 is 6.03 Å². The molecule has 5 rings (SSSR count). The van der Waals surface area contributed by atoms with Crippen molar-refractivity contribution in [1.82, 2.24) is 15.3 Å². The van der Waals surface area contributed by atoms with Gasteiger partial charge in [0.05, 0.1) is 11.4 Å². The van der Waals surface area contributed by atoms with Crippen LogP contribution in [0.3, 0.4) is 0 Å². The summed E-state index contributed by atoms with van der Waals surface area (Å²) in [6.07, 6.45) is 3.41. The highest BCUT2D eigenvalue weighted by Gasteiger charge is 2.30. The van der Waals surface area contributed by atoms with Crippen LogP contribution < -0.4 is 26.6 Å². The van der Waals surface area contributed by atoms with E-state index in [1.54, 1.807) is 42.3 Å². The van der Waals surface area contributed by atoms with Crippen molar-refractivity contribution in [2.45, 2.75) is 33.6 Å². The highest BCUT2D eigenvalue weighted by molar-refractivity contribution is 7.22. The lowest BCUT2D eigenvalue weighted by Crippen LogP contribution is -2.35. The van der Waals surface area contributed by atoms with Crippen LogP contribution in [0.15, 0.2) is 77.4 Å². The van der Waals surface area contributed by atoms with Crippen molar-refractivity contribution in [3.63, 3.8) is 0 Å². The van der Waals surface area contributed by atoms with Crippen molar-refractivity contribution in [2.24, 2.45) is 22.1 Å². The monoisotopic (exact) mass is 600 g/mol. The fraction of sp³-hybridized carbons (Fsp3) is 0.258. The number of thiazole rings is 1. The molecule has 0 unspecified atom stereocenters. The summed E-state index contributed by atoms with van der Waals surface area (Å²) in [6.45, 7) is 5.84. The van der Waals surface area contributed by atoms with Gasteiger partial charge in [0, 0.05) is 35.8 Å². The van der Waals surface area contributed by atoms with E-state index in [-0.39, 0.29) is 28.8 Å². The first-order valence-corrected chi connectivity index (χ1v) is 14.6. The van der Waals surface area contributed by atoms with Crippen LogP contribution in [0.25, 0.3) is 10.3 Å². The van der Waals surface area contributed by atoms with Crippen molar-refractivity contribution in [2.75, 3.05) is 22.6 Å². The Labute approximate surface area is 252 Å². The number of aromatic nitrogens is 2. The number of amides is 3. The number of fused-ring (bicyclic) bond motifs is 1. The molecule has 1 fully saturated rings. The van der Waals surface area contributed by atoms with E-state index >= 15 is 0 Å². The number of benzene rings is 2. The van der Waals surface area contributed by atoms with E-state index in [4.69, 9.17) is 5.73 Å². The summed E-state index contributed by atoms with van der Waals surface area (Å²) >= 11 is 1.29. The number of allylic oxidation sites excluding steroid dienone is 1. The molecular weight excluding hydrogens is 567 g/mol. The average Bonchev–Trinajstić information content (AvgIpc) is 3.74. The Morgan fingerprint density at radius 3 is 2.51 bits per heavy atom. The Kier molecular flexibility index (Phi) is 8.40. The molecular formula is C31H33FN8O2S. The lowest BCUT2D eigenvalue weighted by atomic mass is 9.92. The molecule has 12 heteroatoms. The summed E-state index contributed by atoms with van der Waals surface area (Å²) in [6, 6.07) is 16.4. The van der Waals surface area contributed by atoms with Crippen molar-refractivity contribution < 1.29 is 14.0 Å². The third-order valence-electron chi connectivity index (χ3n) is 6.75. The third kappa shape index (κ3) is 7.52. The van der Waals surface area contributed by atoms with E-state index in [1.165, 1.54) is 23.5 Å². The SMILES string of the molecule is CN(c1ccc(F)c(NC(=O)NC(C=C(N)C(C)(C)C)=Nc2ccccc2)c1)c1ccc2nc(NC(=O)C3CC3)sc2n1. The van der Waals surface area contributed by atoms with Crippen molar-refractivity contribution in [3.8, 4) is 0 Å². The Bertz CT molecular complexity index is 1720. The molecule has 222 valence electrons. The quantitative estimate of drug-likeness (QED) is 0.138. The van der Waals surface area contributed by atoms with E-state index in [1.807, 2.05) is 45.0 Å². The van der Waals surface area contributed by atoms with Crippen LogP contribution in [0.2, 0.25) is 0 Å². The molecule has 5 N–H and O–H groups in total. The number of nitrogens with two attached hydrogens (primary N) is 1. The summed E-state index contributed by atoms with van der Waals surface area (Å²) in [5.41, 5.74) is 8.25. The van der Waals surface area contributed by atoms with Crippen LogP contribution in [-0.4, -0.2) is 34.8 Å². The average molecular weight is 601 g/mol. The largest absolute Gasteiger partial charge is 0.401 e. The predicted octanol–water partition coefficient (Wildman–Crippen LogP) is 6.69. The third-order valence-corrected chi connectivity index (χ3v) is 7.63. The summed E-state index contributed by atoms with van der Waals surface area (Å²) in [5.74, 6) is 0.239. The van der Waals surface area contributed by atoms with Gasteiger partial charge in [-0.25, -0.2) is 24.1 Å². The number of aliphatic imine (C=N–C) groups is 1. The molecule has 0 spiro atoms. The van der Waals surface area contributed by atoms with Gasteiger partial charge in [-0.2, -0.15) is 0 Å². The number of carbonyl (C=O) groups excluding carboxylic acids is 2. The number of hydrogen-bond donors (Lipinski definition) is 4. The first-order valence-electron chi connectivity index (χ1n) is 13.8. The van der Waals surface area contributed by atoms with E-state index < -0.39 is 11.8 Å². The second-order valence-electron chi connectivity index (χ2n) is 11.3. The van der Waals surface area contributed by atoms with Gasteiger partial charge in [-0.05, 0) is 55.3 Å². The number of amidine groups is 1. The maximum atomic E-state index is 14.8. The number of para-hydroxylation sites is 1. The molecule has 2 aromatic heterocycles. The normalized spacial score (nSPS) is 14.0. The van der Waals surface area contributed by atoms with E-state index in [9.17, 15) is 14.0 Å². The highest BCUT2D eigenvalue weighted by atomic mass is 32.1. The Morgan fingerprint density at radius 2 is 1.81 bits per heavy atom. The van der Waals surface area contributed by atoms with Crippen LogP contribution in [0.1, 0.15) is 33.6 Å². The number of hydrogen-bond acceptors (Lipinski definition) is 8. The lowest BCUT2D eigenvalue weighted by molar-refractivity contribution is -0.117. The molecule has 2 heterocycles. The van der Waals surface area contributed by atoms with Crippen molar-refractivity contribution in [1.29, 1.82) is 0 Å². The molecule has 0 saturated heterocycles. The molecule has 0 bridgehead atoms. The van der Waals surface area contributed by atoms with Crippen LogP contribution in [0, 0.1) is 17.2 Å².